The Morgan fingerprint density at radius 2 is 2.36 bits per heavy atom. The lowest BCUT2D eigenvalue weighted by atomic mass is 9.97. The molecule has 1 heterocycles. The summed E-state index contributed by atoms with van der Waals surface area (Å²) in [5.41, 5.74) is 1.36. The van der Waals surface area contributed by atoms with Gasteiger partial charge in [-0.2, -0.15) is 0 Å². The Kier molecular flexibility index (Phi) is 4.17. The van der Waals surface area contributed by atoms with Gasteiger partial charge in [0, 0.05) is 19.3 Å². The van der Waals surface area contributed by atoms with Crippen molar-refractivity contribution in [3.05, 3.63) is 36.1 Å². The standard InChI is InChI=1S/C12H18N2/c1-10(5-4-7-13-3)12-6-8-14-11(2)9-12/h4-11,14H,1-3H3/b5-4-,13-7?. The summed E-state index contributed by atoms with van der Waals surface area (Å²) in [6.45, 7) is 4.33. The minimum absolute atomic E-state index is 0.436. The van der Waals surface area contributed by atoms with Gasteiger partial charge in [-0.25, -0.2) is 0 Å². The number of hydrogen-bond donors (Lipinski definition) is 1. The molecule has 0 fully saturated rings. The van der Waals surface area contributed by atoms with Crippen LogP contribution in [0.3, 0.4) is 0 Å². The first-order valence-electron chi connectivity index (χ1n) is 4.97. The largest absolute Gasteiger partial charge is 0.385 e. The Morgan fingerprint density at radius 3 is 3.00 bits per heavy atom. The van der Waals surface area contributed by atoms with Crippen LogP contribution in [0.4, 0.5) is 0 Å². The van der Waals surface area contributed by atoms with E-state index < -0.39 is 0 Å². The maximum absolute atomic E-state index is 3.91. The molecule has 1 N–H and O–H groups in total. The highest BCUT2D eigenvalue weighted by Crippen LogP contribution is 2.16. The minimum Gasteiger partial charge on any atom is -0.385 e. The predicted octanol–water partition coefficient (Wildman–Crippen LogP) is 2.31. The van der Waals surface area contributed by atoms with Crippen LogP contribution in [-0.2, 0) is 0 Å². The number of allylic oxidation sites excluding steroid dienone is 4. The van der Waals surface area contributed by atoms with Gasteiger partial charge in [-0.1, -0.05) is 19.1 Å². The first kappa shape index (κ1) is 10.8. The van der Waals surface area contributed by atoms with E-state index in [0.717, 1.165) is 0 Å². The number of aliphatic imine (C=N–C) groups is 1. The summed E-state index contributed by atoms with van der Waals surface area (Å²) >= 11 is 0. The zero-order chi connectivity index (χ0) is 10.4. The molecule has 76 valence electrons. The van der Waals surface area contributed by atoms with Gasteiger partial charge in [0.15, 0.2) is 0 Å². The SMILES string of the molecule is CN=C/C=C\C(C)C1=CC(C)NC=C1. The van der Waals surface area contributed by atoms with Crippen molar-refractivity contribution in [2.45, 2.75) is 19.9 Å². The maximum Gasteiger partial charge on any atom is 0.0416 e. The second-order valence-corrected chi connectivity index (χ2v) is 3.54. The molecule has 0 bridgehead atoms. The summed E-state index contributed by atoms with van der Waals surface area (Å²) in [5, 5.41) is 3.23. The zero-order valence-electron chi connectivity index (χ0n) is 9.07. The smallest absolute Gasteiger partial charge is 0.0416 e. The van der Waals surface area contributed by atoms with Crippen LogP contribution in [0, 0.1) is 5.92 Å². The van der Waals surface area contributed by atoms with Crippen LogP contribution in [0.5, 0.6) is 0 Å². The second kappa shape index (κ2) is 5.43. The van der Waals surface area contributed by atoms with Crippen molar-refractivity contribution in [3.8, 4) is 0 Å². The molecule has 0 spiro atoms. The molecule has 0 saturated heterocycles. The van der Waals surface area contributed by atoms with Crippen molar-refractivity contribution >= 4 is 6.21 Å². The lowest BCUT2D eigenvalue weighted by Crippen LogP contribution is -2.21. The van der Waals surface area contributed by atoms with E-state index in [1.165, 1.54) is 5.57 Å². The molecule has 1 aliphatic heterocycles. The molecular formula is C12H18N2. The maximum atomic E-state index is 3.91. The average molecular weight is 190 g/mol. The summed E-state index contributed by atoms with van der Waals surface area (Å²) in [7, 11) is 1.78. The Bertz CT molecular complexity index is 285. The van der Waals surface area contributed by atoms with E-state index in [0.29, 0.717) is 12.0 Å². The monoisotopic (exact) mass is 190 g/mol. The predicted molar refractivity (Wildman–Crippen MR) is 62.5 cm³/mol. The van der Waals surface area contributed by atoms with Crippen LogP contribution in [0.15, 0.2) is 41.1 Å². The molecule has 2 nitrogen and oxygen atoms in total. The van der Waals surface area contributed by atoms with E-state index >= 15 is 0 Å². The highest BCUT2D eigenvalue weighted by Gasteiger charge is 2.07. The van der Waals surface area contributed by atoms with Gasteiger partial charge in [-0.15, -0.1) is 0 Å². The Labute approximate surface area is 86.1 Å². The third-order valence-corrected chi connectivity index (χ3v) is 2.24. The summed E-state index contributed by atoms with van der Waals surface area (Å²) in [6.07, 6.45) is 12.3. The van der Waals surface area contributed by atoms with Gasteiger partial charge in [0.05, 0.1) is 0 Å². The van der Waals surface area contributed by atoms with Gasteiger partial charge in [0.25, 0.3) is 0 Å². The van der Waals surface area contributed by atoms with E-state index in [9.17, 15) is 0 Å². The van der Waals surface area contributed by atoms with E-state index in [-0.39, 0.29) is 0 Å². The summed E-state index contributed by atoms with van der Waals surface area (Å²) < 4.78 is 0. The highest BCUT2D eigenvalue weighted by molar-refractivity contribution is 5.70. The Hall–Kier alpha value is -1.31. The molecule has 0 aromatic heterocycles. The number of nitrogens with one attached hydrogen (secondary N) is 1. The number of rotatable bonds is 3. The van der Waals surface area contributed by atoms with Gasteiger partial charge in [0.2, 0.25) is 0 Å². The molecule has 14 heavy (non-hydrogen) atoms. The van der Waals surface area contributed by atoms with E-state index in [4.69, 9.17) is 0 Å². The van der Waals surface area contributed by atoms with Crippen LogP contribution in [0.1, 0.15) is 13.8 Å². The molecule has 0 aromatic rings. The van der Waals surface area contributed by atoms with Crippen molar-refractivity contribution in [2.24, 2.45) is 10.9 Å². The summed E-state index contributed by atoms with van der Waals surface area (Å²) in [4.78, 5) is 3.91. The van der Waals surface area contributed by atoms with Crippen molar-refractivity contribution in [1.82, 2.24) is 5.32 Å². The van der Waals surface area contributed by atoms with E-state index in [1.54, 1.807) is 7.05 Å². The topological polar surface area (TPSA) is 24.4 Å². The number of hydrogen-bond acceptors (Lipinski definition) is 2. The van der Waals surface area contributed by atoms with E-state index in [2.05, 4.69) is 42.4 Å². The van der Waals surface area contributed by atoms with Crippen LogP contribution < -0.4 is 5.32 Å². The Balaban J connectivity index is 2.60. The molecule has 0 aliphatic carbocycles. The fraction of sp³-hybridized carbons (Fsp3) is 0.417. The van der Waals surface area contributed by atoms with Crippen LogP contribution in [0.25, 0.3) is 0 Å². The normalized spacial score (nSPS) is 23.9. The lowest BCUT2D eigenvalue weighted by molar-refractivity contribution is 0.730. The molecule has 0 radical (unpaired) electrons. The van der Waals surface area contributed by atoms with Gasteiger partial charge >= 0.3 is 0 Å². The van der Waals surface area contributed by atoms with Crippen molar-refractivity contribution in [1.29, 1.82) is 0 Å². The van der Waals surface area contributed by atoms with Gasteiger partial charge in [-0.05, 0) is 36.8 Å². The molecule has 2 atom stereocenters. The summed E-state index contributed by atoms with van der Waals surface area (Å²) in [6, 6.07) is 0.436. The van der Waals surface area contributed by atoms with Crippen LogP contribution in [0.2, 0.25) is 0 Å². The molecule has 1 rings (SSSR count). The number of dihydropyridines is 1. The van der Waals surface area contributed by atoms with Crippen molar-refractivity contribution in [2.75, 3.05) is 7.05 Å². The molecule has 0 amide bonds. The fourth-order valence-electron chi connectivity index (χ4n) is 1.41. The third kappa shape index (κ3) is 3.21. The van der Waals surface area contributed by atoms with Crippen molar-refractivity contribution in [3.63, 3.8) is 0 Å². The molecule has 1 aliphatic rings. The summed E-state index contributed by atoms with van der Waals surface area (Å²) in [5.74, 6) is 0.453. The third-order valence-electron chi connectivity index (χ3n) is 2.24. The van der Waals surface area contributed by atoms with Crippen LogP contribution in [-0.4, -0.2) is 19.3 Å². The molecular weight excluding hydrogens is 172 g/mol. The highest BCUT2D eigenvalue weighted by atomic mass is 14.9. The van der Waals surface area contributed by atoms with Crippen LogP contribution >= 0.6 is 0 Å². The zero-order valence-corrected chi connectivity index (χ0v) is 9.07. The van der Waals surface area contributed by atoms with Gasteiger partial charge < -0.3 is 5.32 Å². The minimum atomic E-state index is 0.436. The Morgan fingerprint density at radius 1 is 1.57 bits per heavy atom. The van der Waals surface area contributed by atoms with Crippen molar-refractivity contribution < 1.29 is 0 Å². The quantitative estimate of drug-likeness (QED) is 0.678. The molecule has 0 saturated carbocycles. The molecule has 2 heteroatoms. The first-order valence-corrected chi connectivity index (χ1v) is 4.97. The average Bonchev–Trinajstić information content (AvgIpc) is 2.18. The van der Waals surface area contributed by atoms with Gasteiger partial charge in [0.1, 0.15) is 0 Å². The lowest BCUT2D eigenvalue weighted by Gasteiger charge is -2.17. The van der Waals surface area contributed by atoms with Gasteiger partial charge in [-0.3, -0.25) is 4.99 Å². The first-order chi connectivity index (χ1) is 6.74. The van der Waals surface area contributed by atoms with E-state index in [1.807, 2.05) is 18.5 Å². The fourth-order valence-corrected chi connectivity index (χ4v) is 1.41. The second-order valence-electron chi connectivity index (χ2n) is 3.54. The number of nitrogens with zero attached hydrogens (tertiary/aromatic N) is 1. The molecule has 0 aromatic carbocycles. The molecule has 2 unspecified atom stereocenters.